The van der Waals surface area contributed by atoms with Crippen LogP contribution in [-0.4, -0.2) is 25.0 Å². The highest BCUT2D eigenvalue weighted by atomic mass is 79.9. The van der Waals surface area contributed by atoms with E-state index in [1.807, 2.05) is 19.1 Å². The molecule has 3 rings (SSSR count). The molecule has 1 heterocycles. The Hall–Kier alpha value is -2.41. The predicted molar refractivity (Wildman–Crippen MR) is 101 cm³/mol. The fraction of sp³-hybridized carbons (Fsp3) is 0.263. The van der Waals surface area contributed by atoms with E-state index < -0.39 is 11.7 Å². The van der Waals surface area contributed by atoms with Crippen LogP contribution in [0.1, 0.15) is 13.3 Å². The van der Waals surface area contributed by atoms with E-state index in [-0.39, 0.29) is 24.8 Å². The number of carbonyl (C=O) groups excluding carboxylic acids is 2. The Morgan fingerprint density at radius 1 is 1.35 bits per heavy atom. The quantitative estimate of drug-likeness (QED) is 0.795. The van der Waals surface area contributed by atoms with Crippen LogP contribution >= 0.6 is 15.9 Å². The minimum atomic E-state index is -0.492. The Morgan fingerprint density at radius 2 is 2.12 bits per heavy atom. The summed E-state index contributed by atoms with van der Waals surface area (Å²) < 4.78 is 19.2. The molecule has 5 nitrogen and oxygen atoms in total. The molecule has 1 saturated heterocycles. The van der Waals surface area contributed by atoms with Crippen LogP contribution in [0.3, 0.4) is 0 Å². The van der Waals surface area contributed by atoms with Gasteiger partial charge in [0.1, 0.15) is 11.6 Å². The number of hydrogen-bond acceptors (Lipinski definition) is 3. The maximum atomic E-state index is 13.2. The Labute approximate surface area is 159 Å². The Balaban J connectivity index is 1.74. The van der Waals surface area contributed by atoms with Crippen LogP contribution in [0, 0.1) is 11.7 Å². The lowest BCUT2D eigenvalue weighted by molar-refractivity contribution is -0.122. The number of hydrogen-bond donors (Lipinski definition) is 1. The highest BCUT2D eigenvalue weighted by molar-refractivity contribution is 9.10. The Morgan fingerprint density at radius 3 is 2.85 bits per heavy atom. The third-order valence-electron chi connectivity index (χ3n) is 4.14. The Kier molecular flexibility index (Phi) is 5.56. The molecule has 2 aromatic carbocycles. The van der Waals surface area contributed by atoms with E-state index in [0.29, 0.717) is 28.2 Å². The molecule has 1 aliphatic rings. The predicted octanol–water partition coefficient (Wildman–Crippen LogP) is 3.98. The molecule has 1 unspecified atom stereocenters. The summed E-state index contributed by atoms with van der Waals surface area (Å²) in [6, 6.07) is 11.3. The SMILES string of the molecule is CCOc1ccccc1N1CC(C(=O)Nc2ccc(F)cc2Br)CC1=O. The van der Waals surface area contributed by atoms with E-state index in [4.69, 9.17) is 4.74 Å². The molecule has 0 bridgehead atoms. The molecule has 0 saturated carbocycles. The molecule has 0 aromatic heterocycles. The first-order chi connectivity index (χ1) is 12.5. The largest absolute Gasteiger partial charge is 0.492 e. The van der Waals surface area contributed by atoms with Gasteiger partial charge in [-0.2, -0.15) is 0 Å². The average molecular weight is 421 g/mol. The van der Waals surface area contributed by atoms with Crippen LogP contribution < -0.4 is 15.0 Å². The number of benzene rings is 2. The number of carbonyl (C=O) groups is 2. The summed E-state index contributed by atoms with van der Waals surface area (Å²) in [5.74, 6) is -0.679. The van der Waals surface area contributed by atoms with Crippen molar-refractivity contribution < 1.29 is 18.7 Å². The van der Waals surface area contributed by atoms with Gasteiger partial charge in [0, 0.05) is 17.4 Å². The standard InChI is InChI=1S/C19H18BrFN2O3/c1-2-26-17-6-4-3-5-16(17)23-11-12(9-18(23)24)19(25)22-15-8-7-13(21)10-14(15)20/h3-8,10,12H,2,9,11H2,1H3,(H,22,25). The van der Waals surface area contributed by atoms with Gasteiger partial charge in [0.05, 0.1) is 23.9 Å². The summed E-state index contributed by atoms with van der Waals surface area (Å²) >= 11 is 3.22. The molecule has 1 fully saturated rings. The number of nitrogens with one attached hydrogen (secondary N) is 1. The van der Waals surface area contributed by atoms with Crippen LogP contribution in [-0.2, 0) is 9.59 Å². The van der Waals surface area contributed by atoms with E-state index in [9.17, 15) is 14.0 Å². The molecule has 0 aliphatic carbocycles. The normalized spacial score (nSPS) is 16.7. The lowest BCUT2D eigenvalue weighted by Crippen LogP contribution is -2.28. The monoisotopic (exact) mass is 420 g/mol. The van der Waals surface area contributed by atoms with Gasteiger partial charge in [-0.15, -0.1) is 0 Å². The molecule has 1 aliphatic heterocycles. The summed E-state index contributed by atoms with van der Waals surface area (Å²) in [5, 5.41) is 2.75. The molecular weight excluding hydrogens is 403 g/mol. The second-order valence-corrected chi connectivity index (χ2v) is 6.77. The summed E-state index contributed by atoms with van der Waals surface area (Å²) in [7, 11) is 0. The van der Waals surface area contributed by atoms with Gasteiger partial charge in [0.25, 0.3) is 0 Å². The number of ether oxygens (including phenoxy) is 1. The molecule has 0 radical (unpaired) electrons. The molecular formula is C19H18BrFN2O3. The Bertz CT molecular complexity index is 843. The van der Waals surface area contributed by atoms with Crippen molar-refractivity contribution in [3.63, 3.8) is 0 Å². The van der Waals surface area contributed by atoms with Gasteiger partial charge in [0.15, 0.2) is 0 Å². The first-order valence-corrected chi connectivity index (χ1v) is 9.07. The maximum absolute atomic E-state index is 13.2. The third-order valence-corrected chi connectivity index (χ3v) is 4.80. The number of anilines is 2. The molecule has 136 valence electrons. The minimum absolute atomic E-state index is 0.116. The van der Waals surface area contributed by atoms with E-state index in [2.05, 4.69) is 21.2 Å². The van der Waals surface area contributed by atoms with Gasteiger partial charge in [-0.05, 0) is 53.2 Å². The zero-order chi connectivity index (χ0) is 18.7. The van der Waals surface area contributed by atoms with Crippen molar-refractivity contribution in [1.29, 1.82) is 0 Å². The summed E-state index contributed by atoms with van der Waals surface area (Å²) in [6.45, 7) is 2.63. The van der Waals surface area contributed by atoms with E-state index >= 15 is 0 Å². The second-order valence-electron chi connectivity index (χ2n) is 5.92. The van der Waals surface area contributed by atoms with Gasteiger partial charge >= 0.3 is 0 Å². The minimum Gasteiger partial charge on any atom is -0.492 e. The molecule has 2 amide bonds. The molecule has 0 spiro atoms. The zero-order valence-corrected chi connectivity index (χ0v) is 15.8. The van der Waals surface area contributed by atoms with Crippen LogP contribution in [0.5, 0.6) is 5.75 Å². The zero-order valence-electron chi connectivity index (χ0n) is 14.2. The van der Waals surface area contributed by atoms with Crippen molar-refractivity contribution in [1.82, 2.24) is 0 Å². The van der Waals surface area contributed by atoms with E-state index in [0.717, 1.165) is 0 Å². The van der Waals surface area contributed by atoms with Gasteiger partial charge in [-0.1, -0.05) is 12.1 Å². The first-order valence-electron chi connectivity index (χ1n) is 8.27. The van der Waals surface area contributed by atoms with Crippen molar-refractivity contribution in [3.8, 4) is 5.75 Å². The van der Waals surface area contributed by atoms with Crippen LogP contribution in [0.15, 0.2) is 46.9 Å². The number of halogens is 2. The third kappa shape index (κ3) is 3.88. The van der Waals surface area contributed by atoms with Gasteiger partial charge in [-0.25, -0.2) is 4.39 Å². The highest BCUT2D eigenvalue weighted by Gasteiger charge is 2.36. The average Bonchev–Trinajstić information content (AvgIpc) is 3.00. The number of amides is 2. The lowest BCUT2D eigenvalue weighted by atomic mass is 10.1. The molecule has 1 atom stereocenters. The molecule has 7 heteroatoms. The molecule has 2 aromatic rings. The fourth-order valence-electron chi connectivity index (χ4n) is 2.90. The number of nitrogens with zero attached hydrogens (tertiary/aromatic N) is 1. The van der Waals surface area contributed by atoms with Crippen LogP contribution in [0.25, 0.3) is 0 Å². The summed E-state index contributed by atoms with van der Waals surface area (Å²) in [4.78, 5) is 26.6. The van der Waals surface area contributed by atoms with Gasteiger partial charge in [0.2, 0.25) is 11.8 Å². The topological polar surface area (TPSA) is 58.6 Å². The second kappa shape index (κ2) is 7.86. The fourth-order valence-corrected chi connectivity index (χ4v) is 3.35. The first kappa shape index (κ1) is 18.4. The smallest absolute Gasteiger partial charge is 0.229 e. The van der Waals surface area contributed by atoms with Crippen molar-refractivity contribution in [2.45, 2.75) is 13.3 Å². The van der Waals surface area contributed by atoms with E-state index in [1.54, 1.807) is 17.0 Å². The summed E-state index contributed by atoms with van der Waals surface area (Å²) in [5.41, 5.74) is 1.13. The molecule has 1 N–H and O–H groups in total. The van der Waals surface area contributed by atoms with Crippen LogP contribution in [0.4, 0.5) is 15.8 Å². The lowest BCUT2D eigenvalue weighted by Gasteiger charge is -2.20. The van der Waals surface area contributed by atoms with Crippen molar-refractivity contribution in [2.75, 3.05) is 23.4 Å². The number of para-hydroxylation sites is 2. The van der Waals surface area contributed by atoms with Crippen molar-refractivity contribution in [2.24, 2.45) is 5.92 Å². The maximum Gasteiger partial charge on any atom is 0.229 e. The van der Waals surface area contributed by atoms with E-state index in [1.165, 1.54) is 18.2 Å². The van der Waals surface area contributed by atoms with Crippen LogP contribution in [0.2, 0.25) is 0 Å². The summed E-state index contributed by atoms with van der Waals surface area (Å²) in [6.07, 6.45) is 0.116. The molecule has 26 heavy (non-hydrogen) atoms. The number of rotatable bonds is 5. The van der Waals surface area contributed by atoms with Gasteiger partial charge in [-0.3, -0.25) is 9.59 Å². The van der Waals surface area contributed by atoms with Crippen molar-refractivity contribution >= 4 is 39.1 Å². The van der Waals surface area contributed by atoms with Crippen molar-refractivity contribution in [3.05, 3.63) is 52.8 Å². The highest BCUT2D eigenvalue weighted by Crippen LogP contribution is 2.33. The van der Waals surface area contributed by atoms with Gasteiger partial charge < -0.3 is 15.0 Å².